The second-order valence-corrected chi connectivity index (χ2v) is 4.94. The number of anilines is 1. The molecule has 1 atom stereocenters. The second-order valence-electron chi connectivity index (χ2n) is 4.11. The van der Waals surface area contributed by atoms with E-state index in [1.807, 2.05) is 4.90 Å². The van der Waals surface area contributed by atoms with Gasteiger partial charge < -0.3 is 15.5 Å². The first-order valence-corrected chi connectivity index (χ1v) is 6.79. The normalized spacial score (nSPS) is 18.0. The molecule has 1 amide bonds. The van der Waals surface area contributed by atoms with E-state index in [0.717, 1.165) is 23.9 Å². The zero-order valence-electron chi connectivity index (χ0n) is 10.2. The van der Waals surface area contributed by atoms with Crippen molar-refractivity contribution in [3.63, 3.8) is 0 Å². The Balaban J connectivity index is 2.04. The van der Waals surface area contributed by atoms with Crippen LogP contribution >= 0.6 is 11.3 Å². The Morgan fingerprint density at radius 1 is 1.71 bits per heavy atom. The monoisotopic (exact) mass is 254 g/mol. The van der Waals surface area contributed by atoms with E-state index in [-0.39, 0.29) is 11.9 Å². The van der Waals surface area contributed by atoms with Crippen molar-refractivity contribution in [3.8, 4) is 0 Å². The lowest BCUT2D eigenvalue weighted by Gasteiger charge is -2.25. The highest BCUT2D eigenvalue weighted by Crippen LogP contribution is 2.24. The fourth-order valence-corrected chi connectivity index (χ4v) is 2.78. The summed E-state index contributed by atoms with van der Waals surface area (Å²) in [7, 11) is 0. The van der Waals surface area contributed by atoms with Crippen LogP contribution in [0.1, 0.15) is 25.6 Å². The van der Waals surface area contributed by atoms with Gasteiger partial charge in [0.25, 0.3) is 0 Å². The molecule has 2 N–H and O–H groups in total. The van der Waals surface area contributed by atoms with Gasteiger partial charge in [-0.3, -0.25) is 4.79 Å². The Kier molecular flexibility index (Phi) is 3.96. The minimum absolute atomic E-state index is 0.0766. The standard InChI is InChI=1S/C11H18N4OS/c1-3-12-8(2)9-7-17-11(14-9)15-5-4-13-10(16)6-15/h7-8,12H,3-6H2,1-2H3,(H,13,16). The van der Waals surface area contributed by atoms with Gasteiger partial charge in [-0.05, 0) is 13.5 Å². The summed E-state index contributed by atoms with van der Waals surface area (Å²) in [5, 5.41) is 9.16. The van der Waals surface area contributed by atoms with Gasteiger partial charge in [-0.15, -0.1) is 11.3 Å². The molecule has 0 bridgehead atoms. The Bertz CT molecular complexity index is 393. The van der Waals surface area contributed by atoms with Crippen LogP contribution in [0.3, 0.4) is 0 Å². The van der Waals surface area contributed by atoms with Crippen molar-refractivity contribution < 1.29 is 4.79 Å². The van der Waals surface area contributed by atoms with E-state index in [9.17, 15) is 4.79 Å². The van der Waals surface area contributed by atoms with Gasteiger partial charge in [0, 0.05) is 24.5 Å². The van der Waals surface area contributed by atoms with Gasteiger partial charge in [0.2, 0.25) is 5.91 Å². The van der Waals surface area contributed by atoms with Crippen molar-refractivity contribution in [2.75, 3.05) is 31.1 Å². The zero-order valence-corrected chi connectivity index (χ0v) is 11.0. The minimum Gasteiger partial charge on any atom is -0.353 e. The molecule has 1 fully saturated rings. The third-order valence-corrected chi connectivity index (χ3v) is 3.69. The molecule has 1 saturated heterocycles. The lowest BCUT2D eigenvalue weighted by molar-refractivity contribution is -0.120. The Hall–Kier alpha value is -1.14. The summed E-state index contributed by atoms with van der Waals surface area (Å²) in [6, 6.07) is 0.267. The first-order valence-electron chi connectivity index (χ1n) is 5.91. The number of carbonyl (C=O) groups excluding carboxylic acids is 1. The number of hydrogen-bond acceptors (Lipinski definition) is 5. The molecule has 1 aliphatic heterocycles. The fourth-order valence-electron chi connectivity index (χ4n) is 1.83. The van der Waals surface area contributed by atoms with E-state index in [1.165, 1.54) is 0 Å². The molecule has 1 aromatic heterocycles. The van der Waals surface area contributed by atoms with Crippen LogP contribution in [-0.2, 0) is 4.79 Å². The van der Waals surface area contributed by atoms with E-state index >= 15 is 0 Å². The first-order chi connectivity index (χ1) is 8.20. The van der Waals surface area contributed by atoms with Crippen molar-refractivity contribution >= 4 is 22.4 Å². The lowest BCUT2D eigenvalue weighted by Crippen LogP contribution is -2.47. The summed E-state index contributed by atoms with van der Waals surface area (Å²) < 4.78 is 0. The maximum atomic E-state index is 11.3. The largest absolute Gasteiger partial charge is 0.353 e. The molecular weight excluding hydrogens is 236 g/mol. The number of piperazine rings is 1. The van der Waals surface area contributed by atoms with Crippen molar-refractivity contribution in [2.45, 2.75) is 19.9 Å². The highest BCUT2D eigenvalue weighted by Gasteiger charge is 2.19. The van der Waals surface area contributed by atoms with Crippen LogP contribution in [-0.4, -0.2) is 37.1 Å². The summed E-state index contributed by atoms with van der Waals surface area (Å²) >= 11 is 1.61. The average molecular weight is 254 g/mol. The number of nitrogens with zero attached hydrogens (tertiary/aromatic N) is 2. The quantitative estimate of drug-likeness (QED) is 0.832. The molecule has 0 radical (unpaired) electrons. The Morgan fingerprint density at radius 2 is 2.53 bits per heavy atom. The van der Waals surface area contributed by atoms with Crippen LogP contribution in [0, 0.1) is 0 Å². The fraction of sp³-hybridized carbons (Fsp3) is 0.636. The maximum Gasteiger partial charge on any atom is 0.239 e. The first kappa shape index (κ1) is 12.3. The van der Waals surface area contributed by atoms with E-state index in [0.29, 0.717) is 13.1 Å². The highest BCUT2D eigenvalue weighted by atomic mass is 32.1. The predicted octanol–water partition coefficient (Wildman–Crippen LogP) is 0.750. The summed E-state index contributed by atoms with van der Waals surface area (Å²) in [6.45, 7) is 7.08. The smallest absolute Gasteiger partial charge is 0.239 e. The minimum atomic E-state index is 0.0766. The van der Waals surface area contributed by atoms with E-state index in [4.69, 9.17) is 0 Å². The third-order valence-electron chi connectivity index (χ3n) is 2.77. The molecule has 1 aliphatic rings. The van der Waals surface area contributed by atoms with Gasteiger partial charge in [-0.25, -0.2) is 4.98 Å². The van der Waals surface area contributed by atoms with Crippen LogP contribution in [0.2, 0.25) is 0 Å². The number of rotatable bonds is 4. The number of thiazole rings is 1. The number of amides is 1. The SMILES string of the molecule is CCNC(C)c1csc(N2CCNC(=O)C2)n1. The molecule has 5 nitrogen and oxygen atoms in total. The summed E-state index contributed by atoms with van der Waals surface area (Å²) in [5.41, 5.74) is 1.05. The molecule has 2 rings (SSSR count). The van der Waals surface area contributed by atoms with Crippen molar-refractivity contribution in [2.24, 2.45) is 0 Å². The molecule has 0 aromatic carbocycles. The molecule has 0 spiro atoms. The number of aromatic nitrogens is 1. The molecule has 17 heavy (non-hydrogen) atoms. The van der Waals surface area contributed by atoms with Crippen molar-refractivity contribution in [3.05, 3.63) is 11.1 Å². The molecule has 1 aromatic rings. The Labute approximate surface area is 105 Å². The molecule has 0 saturated carbocycles. The molecule has 0 aliphatic carbocycles. The van der Waals surface area contributed by atoms with Gasteiger partial charge in [-0.2, -0.15) is 0 Å². The summed E-state index contributed by atoms with van der Waals surface area (Å²) in [6.07, 6.45) is 0. The number of hydrogen-bond donors (Lipinski definition) is 2. The predicted molar refractivity (Wildman–Crippen MR) is 69.4 cm³/mol. The Morgan fingerprint density at radius 3 is 3.24 bits per heavy atom. The molecule has 6 heteroatoms. The van der Waals surface area contributed by atoms with E-state index in [1.54, 1.807) is 11.3 Å². The molecule has 2 heterocycles. The zero-order chi connectivity index (χ0) is 12.3. The van der Waals surface area contributed by atoms with Crippen molar-refractivity contribution in [1.82, 2.24) is 15.6 Å². The highest BCUT2D eigenvalue weighted by molar-refractivity contribution is 7.13. The topological polar surface area (TPSA) is 57.3 Å². The summed E-state index contributed by atoms with van der Waals surface area (Å²) in [5.74, 6) is 0.0766. The number of carbonyl (C=O) groups is 1. The van der Waals surface area contributed by atoms with Crippen LogP contribution in [0.4, 0.5) is 5.13 Å². The lowest BCUT2D eigenvalue weighted by atomic mass is 10.2. The second kappa shape index (κ2) is 5.46. The van der Waals surface area contributed by atoms with Gasteiger partial charge in [-0.1, -0.05) is 6.92 Å². The van der Waals surface area contributed by atoms with E-state index in [2.05, 4.69) is 34.8 Å². The molecule has 1 unspecified atom stereocenters. The third kappa shape index (κ3) is 2.95. The van der Waals surface area contributed by atoms with Crippen LogP contribution in [0.15, 0.2) is 5.38 Å². The van der Waals surface area contributed by atoms with Gasteiger partial charge >= 0.3 is 0 Å². The van der Waals surface area contributed by atoms with Gasteiger partial charge in [0.1, 0.15) is 0 Å². The van der Waals surface area contributed by atoms with Gasteiger partial charge in [0.05, 0.1) is 12.2 Å². The summed E-state index contributed by atoms with van der Waals surface area (Å²) in [4.78, 5) is 17.9. The molecule has 94 valence electrons. The van der Waals surface area contributed by atoms with Crippen LogP contribution in [0.25, 0.3) is 0 Å². The van der Waals surface area contributed by atoms with Crippen LogP contribution in [0.5, 0.6) is 0 Å². The number of nitrogens with one attached hydrogen (secondary N) is 2. The average Bonchev–Trinajstić information content (AvgIpc) is 2.78. The maximum absolute atomic E-state index is 11.3. The van der Waals surface area contributed by atoms with Gasteiger partial charge in [0.15, 0.2) is 5.13 Å². The van der Waals surface area contributed by atoms with Crippen molar-refractivity contribution in [1.29, 1.82) is 0 Å². The van der Waals surface area contributed by atoms with E-state index < -0.39 is 0 Å². The van der Waals surface area contributed by atoms with Crippen LogP contribution < -0.4 is 15.5 Å². The molecular formula is C11H18N4OS.